The second kappa shape index (κ2) is 3.52. The number of aromatic nitrogens is 1. The summed E-state index contributed by atoms with van der Waals surface area (Å²) in [6, 6.07) is 6.24. The summed E-state index contributed by atoms with van der Waals surface area (Å²) in [5.41, 5.74) is 3.95. The fourth-order valence-electron chi connectivity index (χ4n) is 2.52. The fourth-order valence-corrected chi connectivity index (χ4v) is 2.52. The topological polar surface area (TPSA) is 28.3 Å². The normalized spacial score (nSPS) is 16.4. The first-order valence-electron chi connectivity index (χ1n) is 5.64. The number of nitrogens with zero attached hydrogens (tertiary/aromatic N) is 1. The van der Waals surface area contributed by atoms with Gasteiger partial charge in [-0.2, -0.15) is 0 Å². The zero-order chi connectivity index (χ0) is 11.1. The monoisotopic (exact) mass is 216 g/mol. The van der Waals surface area contributed by atoms with E-state index in [9.17, 15) is 0 Å². The molecule has 0 radical (unpaired) electrons. The molecule has 1 N–H and O–H groups in total. The molecule has 1 aliphatic heterocycles. The summed E-state index contributed by atoms with van der Waals surface area (Å²) in [7, 11) is 3.89. The maximum absolute atomic E-state index is 5.39. The van der Waals surface area contributed by atoms with Gasteiger partial charge >= 0.3 is 0 Å². The van der Waals surface area contributed by atoms with Crippen LogP contribution >= 0.6 is 0 Å². The Balaban J connectivity index is 2.25. The number of rotatable bonds is 1. The first kappa shape index (κ1) is 9.73. The third kappa shape index (κ3) is 1.32. The molecule has 3 nitrogen and oxygen atoms in total. The highest BCUT2D eigenvalue weighted by Gasteiger charge is 2.19. The van der Waals surface area contributed by atoms with Crippen molar-refractivity contribution < 1.29 is 4.74 Å². The molecule has 2 aromatic rings. The number of aromatic amines is 1. The minimum absolute atomic E-state index is 0.939. The number of methoxy groups -OCH3 is 1. The quantitative estimate of drug-likeness (QED) is 0.791. The highest BCUT2D eigenvalue weighted by molar-refractivity contribution is 5.89. The van der Waals surface area contributed by atoms with Gasteiger partial charge in [-0.25, -0.2) is 0 Å². The molecule has 1 aliphatic rings. The molecule has 1 aromatic carbocycles. The van der Waals surface area contributed by atoms with Gasteiger partial charge in [0.1, 0.15) is 5.75 Å². The lowest BCUT2D eigenvalue weighted by atomic mass is 10.1. The van der Waals surface area contributed by atoms with Crippen LogP contribution in [0.3, 0.4) is 0 Å². The smallest absolute Gasteiger partial charge is 0.142 e. The van der Waals surface area contributed by atoms with Gasteiger partial charge in [-0.1, -0.05) is 12.1 Å². The van der Waals surface area contributed by atoms with E-state index in [1.807, 2.05) is 6.07 Å². The van der Waals surface area contributed by atoms with E-state index >= 15 is 0 Å². The molecule has 16 heavy (non-hydrogen) atoms. The van der Waals surface area contributed by atoms with Crippen molar-refractivity contribution in [3.05, 3.63) is 29.5 Å². The molecule has 3 heteroatoms. The number of benzene rings is 1. The summed E-state index contributed by atoms with van der Waals surface area (Å²) < 4.78 is 5.39. The van der Waals surface area contributed by atoms with Gasteiger partial charge in [-0.3, -0.25) is 0 Å². The SMILES string of the molecule is COc1cccc2c3c([nH]c12)CCN(C)C3. The summed E-state index contributed by atoms with van der Waals surface area (Å²) in [6.45, 7) is 2.16. The Morgan fingerprint density at radius 1 is 1.38 bits per heavy atom. The van der Waals surface area contributed by atoms with E-state index in [-0.39, 0.29) is 0 Å². The van der Waals surface area contributed by atoms with Crippen LogP contribution in [-0.4, -0.2) is 30.6 Å². The van der Waals surface area contributed by atoms with Crippen LogP contribution in [0.2, 0.25) is 0 Å². The Hall–Kier alpha value is -1.48. The van der Waals surface area contributed by atoms with Crippen LogP contribution < -0.4 is 4.74 Å². The first-order chi connectivity index (χ1) is 7.79. The lowest BCUT2D eigenvalue weighted by Crippen LogP contribution is -2.25. The number of fused-ring (bicyclic) bond motifs is 3. The average molecular weight is 216 g/mol. The zero-order valence-electron chi connectivity index (χ0n) is 9.71. The van der Waals surface area contributed by atoms with Crippen LogP contribution in [0.4, 0.5) is 0 Å². The Morgan fingerprint density at radius 3 is 3.06 bits per heavy atom. The highest BCUT2D eigenvalue weighted by atomic mass is 16.5. The molecule has 84 valence electrons. The molecule has 0 amide bonds. The molecule has 0 fully saturated rings. The zero-order valence-corrected chi connectivity index (χ0v) is 9.71. The third-order valence-corrected chi connectivity index (χ3v) is 3.38. The summed E-state index contributed by atoms with van der Waals surface area (Å²) in [4.78, 5) is 5.86. The molecule has 0 saturated heterocycles. The molecule has 0 aliphatic carbocycles. The minimum Gasteiger partial charge on any atom is -0.495 e. The number of hydrogen-bond acceptors (Lipinski definition) is 2. The Morgan fingerprint density at radius 2 is 2.25 bits per heavy atom. The number of nitrogens with one attached hydrogen (secondary N) is 1. The van der Waals surface area contributed by atoms with E-state index in [1.54, 1.807) is 7.11 Å². The minimum atomic E-state index is 0.939. The van der Waals surface area contributed by atoms with Crippen molar-refractivity contribution in [3.63, 3.8) is 0 Å². The van der Waals surface area contributed by atoms with Crippen LogP contribution in [0.25, 0.3) is 10.9 Å². The average Bonchev–Trinajstić information content (AvgIpc) is 2.67. The van der Waals surface area contributed by atoms with Crippen molar-refractivity contribution >= 4 is 10.9 Å². The summed E-state index contributed by atoms with van der Waals surface area (Å²) in [6.07, 6.45) is 1.10. The van der Waals surface area contributed by atoms with Crippen LogP contribution in [0, 0.1) is 0 Å². The van der Waals surface area contributed by atoms with Gasteiger partial charge in [0.25, 0.3) is 0 Å². The number of hydrogen-bond donors (Lipinski definition) is 1. The number of H-pyrrole nitrogens is 1. The number of para-hydroxylation sites is 1. The molecule has 0 bridgehead atoms. The lowest BCUT2D eigenvalue weighted by Gasteiger charge is -2.22. The van der Waals surface area contributed by atoms with Crippen molar-refractivity contribution in [2.75, 3.05) is 20.7 Å². The Labute approximate surface area is 95.0 Å². The maximum atomic E-state index is 5.39. The molecule has 1 aromatic heterocycles. The highest BCUT2D eigenvalue weighted by Crippen LogP contribution is 2.32. The number of ether oxygens (including phenoxy) is 1. The van der Waals surface area contributed by atoms with Crippen LogP contribution in [0.5, 0.6) is 5.75 Å². The van der Waals surface area contributed by atoms with E-state index in [0.717, 1.165) is 30.8 Å². The third-order valence-electron chi connectivity index (χ3n) is 3.38. The van der Waals surface area contributed by atoms with Gasteiger partial charge in [0.2, 0.25) is 0 Å². The summed E-state index contributed by atoms with van der Waals surface area (Å²) in [5.74, 6) is 0.939. The van der Waals surface area contributed by atoms with Crippen molar-refractivity contribution in [1.29, 1.82) is 0 Å². The van der Waals surface area contributed by atoms with Crippen LogP contribution in [-0.2, 0) is 13.0 Å². The standard InChI is InChI=1S/C13H16N2O/c1-15-7-6-11-10(8-15)9-4-3-5-12(16-2)13(9)14-11/h3-5,14H,6-8H2,1-2H3. The van der Waals surface area contributed by atoms with E-state index in [4.69, 9.17) is 4.74 Å². The van der Waals surface area contributed by atoms with E-state index in [2.05, 4.69) is 29.1 Å². The molecule has 0 unspecified atom stereocenters. The van der Waals surface area contributed by atoms with Crippen LogP contribution in [0.1, 0.15) is 11.3 Å². The first-order valence-corrected chi connectivity index (χ1v) is 5.64. The molecular formula is C13H16N2O. The molecular weight excluding hydrogens is 200 g/mol. The van der Waals surface area contributed by atoms with Crippen molar-refractivity contribution in [2.24, 2.45) is 0 Å². The summed E-state index contributed by atoms with van der Waals surface area (Å²) >= 11 is 0. The molecule has 0 spiro atoms. The molecule has 2 heterocycles. The molecule has 3 rings (SSSR count). The van der Waals surface area contributed by atoms with Gasteiger partial charge in [0.05, 0.1) is 12.6 Å². The summed E-state index contributed by atoms with van der Waals surface area (Å²) in [5, 5.41) is 1.31. The second-order valence-electron chi connectivity index (χ2n) is 4.45. The van der Waals surface area contributed by atoms with Gasteiger partial charge in [-0.15, -0.1) is 0 Å². The largest absolute Gasteiger partial charge is 0.495 e. The molecule has 0 saturated carbocycles. The predicted molar refractivity (Wildman–Crippen MR) is 64.9 cm³/mol. The number of likely N-dealkylation sites (N-methyl/N-ethyl adjacent to an activating group) is 1. The molecule has 0 atom stereocenters. The fraction of sp³-hybridized carbons (Fsp3) is 0.385. The van der Waals surface area contributed by atoms with Crippen LogP contribution in [0.15, 0.2) is 18.2 Å². The van der Waals surface area contributed by atoms with Gasteiger partial charge in [-0.05, 0) is 18.7 Å². The van der Waals surface area contributed by atoms with Gasteiger partial charge in [0.15, 0.2) is 0 Å². The lowest BCUT2D eigenvalue weighted by molar-refractivity contribution is 0.313. The Bertz CT molecular complexity index is 530. The Kier molecular flexibility index (Phi) is 2.14. The second-order valence-corrected chi connectivity index (χ2v) is 4.45. The van der Waals surface area contributed by atoms with Gasteiger partial charge < -0.3 is 14.6 Å². The van der Waals surface area contributed by atoms with Crippen molar-refractivity contribution in [1.82, 2.24) is 9.88 Å². The van der Waals surface area contributed by atoms with Gasteiger partial charge in [0, 0.05) is 30.6 Å². The van der Waals surface area contributed by atoms with Crippen molar-refractivity contribution in [2.45, 2.75) is 13.0 Å². The van der Waals surface area contributed by atoms with Crippen molar-refractivity contribution in [3.8, 4) is 5.75 Å². The van der Waals surface area contributed by atoms with E-state index in [1.165, 1.54) is 16.6 Å². The predicted octanol–water partition coefficient (Wildman–Crippen LogP) is 2.16. The van der Waals surface area contributed by atoms with E-state index in [0.29, 0.717) is 0 Å². The maximum Gasteiger partial charge on any atom is 0.142 e. The van der Waals surface area contributed by atoms with E-state index < -0.39 is 0 Å².